The monoisotopic (exact) mass is 427 g/mol. The van der Waals surface area contributed by atoms with Crippen LogP contribution >= 0.6 is 23.2 Å². The Morgan fingerprint density at radius 1 is 1.15 bits per heavy atom. The summed E-state index contributed by atoms with van der Waals surface area (Å²) in [6, 6.07) is 11.7. The molecule has 2 aromatic rings. The van der Waals surface area contributed by atoms with Crippen LogP contribution in [0.1, 0.15) is 12.0 Å². The molecule has 2 amide bonds. The Bertz CT molecular complexity index is 951. The number of amides is 2. The third kappa shape index (κ3) is 5.06. The quantitative estimate of drug-likeness (QED) is 0.759. The van der Waals surface area contributed by atoms with E-state index in [1.807, 2.05) is 6.07 Å². The van der Waals surface area contributed by atoms with E-state index in [1.165, 1.54) is 4.31 Å². The van der Waals surface area contributed by atoms with Crippen LogP contribution in [0.3, 0.4) is 0 Å². The van der Waals surface area contributed by atoms with Gasteiger partial charge in [-0.15, -0.1) is 0 Å². The van der Waals surface area contributed by atoms with Crippen LogP contribution in [0.25, 0.3) is 0 Å². The molecule has 27 heavy (non-hydrogen) atoms. The summed E-state index contributed by atoms with van der Waals surface area (Å²) >= 11 is 12.0. The summed E-state index contributed by atoms with van der Waals surface area (Å²) in [5.74, 6) is 0.151. The first-order valence-electron chi connectivity index (χ1n) is 8.44. The number of hydrogen-bond acceptors (Lipinski definition) is 3. The van der Waals surface area contributed by atoms with Crippen molar-refractivity contribution in [1.82, 2.24) is 5.32 Å². The third-order valence-corrected chi connectivity index (χ3v) is 6.64. The van der Waals surface area contributed by atoms with Crippen LogP contribution in [0, 0.1) is 0 Å². The van der Waals surface area contributed by atoms with E-state index in [4.69, 9.17) is 23.2 Å². The lowest BCUT2D eigenvalue weighted by Crippen LogP contribution is -2.30. The minimum atomic E-state index is -3.25. The second-order valence-electron chi connectivity index (χ2n) is 6.16. The maximum atomic E-state index is 12.1. The van der Waals surface area contributed by atoms with Crippen molar-refractivity contribution >= 4 is 50.6 Å². The summed E-state index contributed by atoms with van der Waals surface area (Å²) < 4.78 is 25.4. The lowest BCUT2D eigenvalue weighted by molar-refractivity contribution is 0.252. The fourth-order valence-electron chi connectivity index (χ4n) is 2.88. The lowest BCUT2D eigenvalue weighted by Gasteiger charge is -2.18. The van der Waals surface area contributed by atoms with Crippen molar-refractivity contribution in [3.63, 3.8) is 0 Å². The molecule has 9 heteroatoms. The number of carbonyl (C=O) groups excluding carboxylic acids is 1. The van der Waals surface area contributed by atoms with E-state index in [2.05, 4.69) is 10.6 Å². The third-order valence-electron chi connectivity index (χ3n) is 4.19. The molecule has 0 atom stereocenters. The van der Waals surface area contributed by atoms with Gasteiger partial charge in [-0.2, -0.15) is 0 Å². The minimum Gasteiger partial charge on any atom is -0.338 e. The molecule has 1 aliphatic heterocycles. The highest BCUT2D eigenvalue weighted by molar-refractivity contribution is 7.93. The average molecular weight is 428 g/mol. The largest absolute Gasteiger partial charge is 0.338 e. The molecule has 144 valence electrons. The van der Waals surface area contributed by atoms with E-state index >= 15 is 0 Å². The van der Waals surface area contributed by atoms with Crippen molar-refractivity contribution in [2.45, 2.75) is 12.8 Å². The molecule has 1 heterocycles. The lowest BCUT2D eigenvalue weighted by atomic mass is 10.1. The zero-order valence-corrected chi connectivity index (χ0v) is 16.7. The predicted molar refractivity (Wildman–Crippen MR) is 109 cm³/mol. The molecule has 0 aliphatic carbocycles. The number of nitrogens with zero attached hydrogens (tertiary/aromatic N) is 1. The van der Waals surface area contributed by atoms with Gasteiger partial charge in [-0.25, -0.2) is 13.2 Å². The standard InChI is InChI=1S/C18H19Cl2N3O3S/c19-14-6-5-13(17(20)11-14)7-8-21-18(24)22-15-3-1-4-16(12-15)23-9-2-10-27(23,25)26/h1,3-6,11-12H,2,7-10H2,(H2,21,22,24). The van der Waals surface area contributed by atoms with Crippen molar-refractivity contribution < 1.29 is 13.2 Å². The maximum Gasteiger partial charge on any atom is 0.319 e. The molecule has 1 saturated heterocycles. The number of carbonyl (C=O) groups is 1. The highest BCUT2D eigenvalue weighted by Gasteiger charge is 2.28. The number of hydrogen-bond donors (Lipinski definition) is 2. The molecule has 0 spiro atoms. The zero-order valence-electron chi connectivity index (χ0n) is 14.4. The van der Waals surface area contributed by atoms with Gasteiger partial charge in [0.1, 0.15) is 0 Å². The number of benzene rings is 2. The SMILES string of the molecule is O=C(NCCc1ccc(Cl)cc1Cl)Nc1cccc(N2CCCS2(=O)=O)c1. The van der Waals surface area contributed by atoms with Crippen LogP contribution in [-0.4, -0.2) is 33.3 Å². The van der Waals surface area contributed by atoms with Gasteiger partial charge < -0.3 is 10.6 Å². The van der Waals surface area contributed by atoms with E-state index in [1.54, 1.807) is 36.4 Å². The van der Waals surface area contributed by atoms with E-state index in [0.29, 0.717) is 47.4 Å². The van der Waals surface area contributed by atoms with Gasteiger partial charge in [0, 0.05) is 28.8 Å². The van der Waals surface area contributed by atoms with Crippen LogP contribution in [0.15, 0.2) is 42.5 Å². The van der Waals surface area contributed by atoms with Gasteiger partial charge >= 0.3 is 6.03 Å². The summed E-state index contributed by atoms with van der Waals surface area (Å²) in [4.78, 5) is 12.1. The van der Waals surface area contributed by atoms with Crippen LogP contribution in [0.5, 0.6) is 0 Å². The topological polar surface area (TPSA) is 78.5 Å². The first kappa shape index (κ1) is 19.8. The van der Waals surface area contributed by atoms with E-state index in [0.717, 1.165) is 5.56 Å². The molecule has 0 radical (unpaired) electrons. The Labute approximate surface area is 168 Å². The highest BCUT2D eigenvalue weighted by atomic mass is 35.5. The van der Waals surface area contributed by atoms with Crippen molar-refractivity contribution in [1.29, 1.82) is 0 Å². The Kier molecular flexibility index (Phi) is 6.14. The molecular weight excluding hydrogens is 409 g/mol. The molecule has 1 fully saturated rings. The number of urea groups is 1. The van der Waals surface area contributed by atoms with Crippen LogP contribution in [0.2, 0.25) is 10.0 Å². The van der Waals surface area contributed by atoms with Crippen molar-refractivity contribution in [2.24, 2.45) is 0 Å². The molecule has 0 saturated carbocycles. The fraction of sp³-hybridized carbons (Fsp3) is 0.278. The average Bonchev–Trinajstić information content (AvgIpc) is 2.96. The summed E-state index contributed by atoms with van der Waals surface area (Å²) in [5.41, 5.74) is 1.97. The van der Waals surface area contributed by atoms with Gasteiger partial charge in [0.2, 0.25) is 10.0 Å². The Morgan fingerprint density at radius 2 is 1.96 bits per heavy atom. The van der Waals surface area contributed by atoms with Gasteiger partial charge in [0.15, 0.2) is 0 Å². The molecular formula is C18H19Cl2N3O3S. The predicted octanol–water partition coefficient (Wildman–Crippen LogP) is 3.90. The highest BCUT2D eigenvalue weighted by Crippen LogP contribution is 2.26. The molecule has 6 nitrogen and oxygen atoms in total. The van der Waals surface area contributed by atoms with Crippen molar-refractivity contribution in [3.8, 4) is 0 Å². The van der Waals surface area contributed by atoms with Crippen molar-refractivity contribution in [3.05, 3.63) is 58.1 Å². The number of sulfonamides is 1. The zero-order chi connectivity index (χ0) is 19.4. The molecule has 3 rings (SSSR count). The summed E-state index contributed by atoms with van der Waals surface area (Å²) in [7, 11) is -3.25. The second-order valence-corrected chi connectivity index (χ2v) is 9.02. The van der Waals surface area contributed by atoms with Crippen molar-refractivity contribution in [2.75, 3.05) is 28.5 Å². The minimum absolute atomic E-state index is 0.151. The van der Waals surface area contributed by atoms with Crippen LogP contribution in [-0.2, 0) is 16.4 Å². The first-order valence-corrected chi connectivity index (χ1v) is 10.8. The second kappa shape index (κ2) is 8.37. The van der Waals surface area contributed by atoms with E-state index in [-0.39, 0.29) is 11.8 Å². The van der Waals surface area contributed by atoms with Gasteiger partial charge in [-0.3, -0.25) is 4.31 Å². The first-order chi connectivity index (χ1) is 12.8. The van der Waals surface area contributed by atoms with Gasteiger partial charge in [0.25, 0.3) is 0 Å². The van der Waals surface area contributed by atoms with Crippen LogP contribution in [0.4, 0.5) is 16.2 Å². The number of halogens is 2. The van der Waals surface area contributed by atoms with Gasteiger partial charge in [-0.1, -0.05) is 35.3 Å². The maximum absolute atomic E-state index is 12.1. The van der Waals surface area contributed by atoms with Gasteiger partial charge in [-0.05, 0) is 48.7 Å². The number of nitrogens with one attached hydrogen (secondary N) is 2. The molecule has 1 aliphatic rings. The Morgan fingerprint density at radius 3 is 2.67 bits per heavy atom. The van der Waals surface area contributed by atoms with E-state index < -0.39 is 10.0 Å². The van der Waals surface area contributed by atoms with Gasteiger partial charge in [0.05, 0.1) is 11.4 Å². The molecule has 2 aromatic carbocycles. The molecule has 0 unspecified atom stereocenters. The summed E-state index contributed by atoms with van der Waals surface area (Å²) in [5, 5.41) is 6.59. The molecule has 0 aromatic heterocycles. The smallest absolute Gasteiger partial charge is 0.319 e. The van der Waals surface area contributed by atoms with Crippen LogP contribution < -0.4 is 14.9 Å². The summed E-state index contributed by atoms with van der Waals surface area (Å²) in [6.07, 6.45) is 1.17. The molecule has 0 bridgehead atoms. The number of anilines is 2. The normalized spacial score (nSPS) is 15.6. The Hall–Kier alpha value is -1.96. The molecule has 2 N–H and O–H groups in total. The Balaban J connectivity index is 1.56. The summed E-state index contributed by atoms with van der Waals surface area (Å²) in [6.45, 7) is 0.854. The number of rotatable bonds is 5. The van der Waals surface area contributed by atoms with E-state index in [9.17, 15) is 13.2 Å². The fourth-order valence-corrected chi connectivity index (χ4v) is 4.94.